The average molecular weight is 305 g/mol. The van der Waals surface area contributed by atoms with Gasteiger partial charge in [0.05, 0.1) is 12.1 Å². The van der Waals surface area contributed by atoms with Gasteiger partial charge in [-0.05, 0) is 18.4 Å². The van der Waals surface area contributed by atoms with E-state index in [1.54, 1.807) is 6.08 Å². The number of ether oxygens (including phenoxy) is 1. The molecule has 1 aliphatic heterocycles. The summed E-state index contributed by atoms with van der Waals surface area (Å²) in [4.78, 5) is 13.8. The van der Waals surface area contributed by atoms with Crippen LogP contribution in [0.3, 0.4) is 0 Å². The summed E-state index contributed by atoms with van der Waals surface area (Å²) >= 11 is 0. The molecule has 1 amide bonds. The summed E-state index contributed by atoms with van der Waals surface area (Å²) in [5.41, 5.74) is 0.914. The van der Waals surface area contributed by atoms with Crippen LogP contribution in [0.2, 0.25) is 0 Å². The molecular formula is C17H23NO4. The number of rotatable bonds is 6. The van der Waals surface area contributed by atoms with Crippen LogP contribution in [0.1, 0.15) is 18.4 Å². The van der Waals surface area contributed by atoms with Gasteiger partial charge in [0.15, 0.2) is 0 Å². The molecule has 1 heterocycles. The molecule has 22 heavy (non-hydrogen) atoms. The second kappa shape index (κ2) is 7.96. The smallest absolute Gasteiger partial charge is 0.410 e. The van der Waals surface area contributed by atoms with Gasteiger partial charge in [-0.3, -0.25) is 0 Å². The summed E-state index contributed by atoms with van der Waals surface area (Å²) in [6.07, 6.45) is 1.65. The number of aliphatic hydroxyl groups is 2. The number of hydrogen-bond acceptors (Lipinski definition) is 4. The zero-order chi connectivity index (χ0) is 15.9. The standard InChI is InChI=1S/C17H23NO4/c1-2-6-14(11-19)16-15(20)9-10-18(16)17(21)22-12-13-7-4-3-5-8-13/h2-5,7-8,14-16,19-20H,1,6,9-12H2/t14-,15+,16+/m1/s1. The fourth-order valence-corrected chi connectivity index (χ4v) is 2.92. The third kappa shape index (κ3) is 3.87. The van der Waals surface area contributed by atoms with E-state index >= 15 is 0 Å². The van der Waals surface area contributed by atoms with Crippen LogP contribution in [-0.4, -0.2) is 46.5 Å². The zero-order valence-electron chi connectivity index (χ0n) is 12.6. The van der Waals surface area contributed by atoms with Gasteiger partial charge in [-0.2, -0.15) is 0 Å². The van der Waals surface area contributed by atoms with Crippen LogP contribution in [0.25, 0.3) is 0 Å². The third-order valence-electron chi connectivity index (χ3n) is 4.05. The molecule has 0 saturated carbocycles. The number of benzene rings is 1. The average Bonchev–Trinajstić information content (AvgIpc) is 2.93. The van der Waals surface area contributed by atoms with Crippen LogP contribution in [0.4, 0.5) is 4.79 Å². The Morgan fingerprint density at radius 3 is 2.82 bits per heavy atom. The van der Waals surface area contributed by atoms with E-state index in [1.807, 2.05) is 30.3 Å². The SMILES string of the molecule is C=CC[C@H](CO)[C@H]1[C@@H](O)CCN1C(=O)OCc1ccccc1. The van der Waals surface area contributed by atoms with Crippen molar-refractivity contribution in [1.82, 2.24) is 4.90 Å². The summed E-state index contributed by atoms with van der Waals surface area (Å²) in [6, 6.07) is 9.02. The number of aliphatic hydroxyl groups excluding tert-OH is 2. The first-order valence-corrected chi connectivity index (χ1v) is 7.54. The van der Waals surface area contributed by atoms with Gasteiger partial charge in [-0.25, -0.2) is 4.79 Å². The van der Waals surface area contributed by atoms with Crippen molar-refractivity contribution >= 4 is 6.09 Å². The van der Waals surface area contributed by atoms with Gasteiger partial charge in [0.1, 0.15) is 6.61 Å². The van der Waals surface area contributed by atoms with Crippen LogP contribution < -0.4 is 0 Å². The fraction of sp³-hybridized carbons (Fsp3) is 0.471. The molecule has 1 aliphatic rings. The normalized spacial score (nSPS) is 22.4. The minimum Gasteiger partial charge on any atom is -0.445 e. The predicted molar refractivity (Wildman–Crippen MR) is 83.1 cm³/mol. The van der Waals surface area contributed by atoms with Crippen LogP contribution in [0.15, 0.2) is 43.0 Å². The molecule has 2 N–H and O–H groups in total. The van der Waals surface area contributed by atoms with Crippen LogP contribution >= 0.6 is 0 Å². The molecule has 0 radical (unpaired) electrons. The van der Waals surface area contributed by atoms with Gasteiger partial charge >= 0.3 is 6.09 Å². The maximum absolute atomic E-state index is 12.3. The van der Waals surface area contributed by atoms with Crippen molar-refractivity contribution in [2.75, 3.05) is 13.2 Å². The van der Waals surface area contributed by atoms with Crippen LogP contribution in [0, 0.1) is 5.92 Å². The van der Waals surface area contributed by atoms with E-state index in [0.717, 1.165) is 5.56 Å². The number of carbonyl (C=O) groups excluding carboxylic acids is 1. The first kappa shape index (κ1) is 16.5. The summed E-state index contributed by atoms with van der Waals surface area (Å²) in [6.45, 7) is 4.20. The molecule has 5 heteroatoms. The number of likely N-dealkylation sites (tertiary alicyclic amines) is 1. The summed E-state index contributed by atoms with van der Waals surface area (Å²) < 4.78 is 5.33. The lowest BCUT2D eigenvalue weighted by Gasteiger charge is -2.31. The predicted octanol–water partition coefficient (Wildman–Crippen LogP) is 1.94. The molecule has 3 atom stereocenters. The van der Waals surface area contributed by atoms with Gasteiger partial charge in [-0.1, -0.05) is 36.4 Å². The lowest BCUT2D eigenvalue weighted by molar-refractivity contribution is 0.0365. The third-order valence-corrected chi connectivity index (χ3v) is 4.05. The van der Waals surface area contributed by atoms with Crippen molar-refractivity contribution in [3.8, 4) is 0 Å². The fourth-order valence-electron chi connectivity index (χ4n) is 2.92. The van der Waals surface area contributed by atoms with E-state index in [1.165, 1.54) is 4.90 Å². The minimum atomic E-state index is -0.638. The van der Waals surface area contributed by atoms with E-state index in [2.05, 4.69) is 6.58 Å². The van der Waals surface area contributed by atoms with E-state index < -0.39 is 18.2 Å². The Morgan fingerprint density at radius 1 is 1.45 bits per heavy atom. The van der Waals surface area contributed by atoms with E-state index in [9.17, 15) is 15.0 Å². The Kier molecular flexibility index (Phi) is 5.98. The number of nitrogens with zero attached hydrogens (tertiary/aromatic N) is 1. The lowest BCUT2D eigenvalue weighted by Crippen LogP contribution is -2.45. The highest BCUT2D eigenvalue weighted by Gasteiger charge is 2.41. The molecule has 0 spiro atoms. The van der Waals surface area contributed by atoms with Gasteiger partial charge < -0.3 is 19.8 Å². The molecule has 1 aromatic rings. The molecule has 0 unspecified atom stereocenters. The first-order valence-electron chi connectivity index (χ1n) is 7.54. The molecular weight excluding hydrogens is 282 g/mol. The molecule has 0 bridgehead atoms. The number of allylic oxidation sites excluding steroid dienone is 1. The Morgan fingerprint density at radius 2 is 2.18 bits per heavy atom. The molecule has 0 aliphatic carbocycles. The molecule has 2 rings (SSSR count). The van der Waals surface area contributed by atoms with Crippen molar-refractivity contribution in [2.45, 2.75) is 31.6 Å². The van der Waals surface area contributed by atoms with Gasteiger partial charge in [0, 0.05) is 19.1 Å². The van der Waals surface area contributed by atoms with E-state index in [0.29, 0.717) is 19.4 Å². The molecule has 0 aromatic heterocycles. The highest BCUT2D eigenvalue weighted by Crippen LogP contribution is 2.27. The first-order chi connectivity index (χ1) is 10.7. The molecule has 1 aromatic carbocycles. The van der Waals surface area contributed by atoms with E-state index in [4.69, 9.17) is 4.74 Å². The second-order valence-electron chi connectivity index (χ2n) is 5.55. The molecule has 5 nitrogen and oxygen atoms in total. The van der Waals surface area contributed by atoms with Crippen molar-refractivity contribution in [3.05, 3.63) is 48.6 Å². The van der Waals surface area contributed by atoms with Crippen molar-refractivity contribution in [3.63, 3.8) is 0 Å². The summed E-state index contributed by atoms with van der Waals surface area (Å²) in [5.74, 6) is -0.223. The number of carbonyl (C=O) groups is 1. The summed E-state index contributed by atoms with van der Waals surface area (Å²) in [7, 11) is 0. The summed E-state index contributed by atoms with van der Waals surface area (Å²) in [5, 5.41) is 19.6. The lowest BCUT2D eigenvalue weighted by atomic mass is 9.93. The van der Waals surface area contributed by atoms with Crippen molar-refractivity contribution in [2.24, 2.45) is 5.92 Å². The Bertz CT molecular complexity index is 491. The van der Waals surface area contributed by atoms with Gasteiger partial charge in [-0.15, -0.1) is 6.58 Å². The largest absolute Gasteiger partial charge is 0.445 e. The molecule has 1 saturated heterocycles. The molecule has 120 valence electrons. The number of hydrogen-bond donors (Lipinski definition) is 2. The van der Waals surface area contributed by atoms with E-state index in [-0.39, 0.29) is 19.1 Å². The highest BCUT2D eigenvalue weighted by atomic mass is 16.6. The van der Waals surface area contributed by atoms with Crippen molar-refractivity contribution < 1.29 is 19.7 Å². The minimum absolute atomic E-state index is 0.101. The van der Waals surface area contributed by atoms with Crippen LogP contribution in [-0.2, 0) is 11.3 Å². The quantitative estimate of drug-likeness (QED) is 0.788. The number of amides is 1. The second-order valence-corrected chi connectivity index (χ2v) is 5.55. The Balaban J connectivity index is 1.99. The maximum Gasteiger partial charge on any atom is 0.410 e. The zero-order valence-corrected chi connectivity index (χ0v) is 12.6. The molecule has 1 fully saturated rings. The maximum atomic E-state index is 12.3. The van der Waals surface area contributed by atoms with Gasteiger partial charge in [0.2, 0.25) is 0 Å². The Hall–Kier alpha value is -1.85. The van der Waals surface area contributed by atoms with Gasteiger partial charge in [0.25, 0.3) is 0 Å². The van der Waals surface area contributed by atoms with Crippen molar-refractivity contribution in [1.29, 1.82) is 0 Å². The Labute approximate surface area is 130 Å². The highest BCUT2D eigenvalue weighted by molar-refractivity contribution is 5.68. The monoisotopic (exact) mass is 305 g/mol. The van der Waals surface area contributed by atoms with Crippen LogP contribution in [0.5, 0.6) is 0 Å². The topological polar surface area (TPSA) is 70.0 Å².